The van der Waals surface area contributed by atoms with Crippen LogP contribution in [0.4, 0.5) is 0 Å². The highest BCUT2D eigenvalue weighted by molar-refractivity contribution is 7.98. The first-order valence-corrected chi connectivity index (χ1v) is 11.5. The second-order valence-electron chi connectivity index (χ2n) is 7.57. The van der Waals surface area contributed by atoms with E-state index in [1.54, 1.807) is 17.8 Å². The maximum atomic E-state index is 11.8. The average Bonchev–Trinajstić information content (AvgIpc) is 3.14. The quantitative estimate of drug-likeness (QED) is 0.690. The molecule has 0 saturated heterocycles. The van der Waals surface area contributed by atoms with E-state index in [4.69, 9.17) is 9.47 Å². The van der Waals surface area contributed by atoms with E-state index in [0.717, 1.165) is 22.9 Å². The highest BCUT2D eigenvalue weighted by atomic mass is 32.2. The molecular formula is C22H28N2O3S. The molecule has 1 aliphatic heterocycles. The molecule has 1 saturated carbocycles. The van der Waals surface area contributed by atoms with Gasteiger partial charge in [-0.3, -0.25) is 9.36 Å². The fraction of sp³-hybridized carbons (Fsp3) is 0.545. The summed E-state index contributed by atoms with van der Waals surface area (Å²) in [6, 6.07) is 10.6. The average molecular weight is 401 g/mol. The molecule has 1 aliphatic carbocycles. The van der Waals surface area contributed by atoms with Gasteiger partial charge in [-0.1, -0.05) is 38.3 Å². The molecule has 2 aliphatic rings. The summed E-state index contributed by atoms with van der Waals surface area (Å²) >= 11 is 1.79. The van der Waals surface area contributed by atoms with Gasteiger partial charge < -0.3 is 9.47 Å². The Labute approximate surface area is 170 Å². The van der Waals surface area contributed by atoms with Crippen LogP contribution in [0, 0.1) is 0 Å². The van der Waals surface area contributed by atoms with Crippen LogP contribution in [0.1, 0.15) is 56.2 Å². The smallest absolute Gasteiger partial charge is 0.300 e. The van der Waals surface area contributed by atoms with Crippen molar-refractivity contribution < 1.29 is 9.47 Å². The van der Waals surface area contributed by atoms with E-state index in [2.05, 4.69) is 36.2 Å². The molecule has 150 valence electrons. The Balaban J connectivity index is 1.35. The lowest BCUT2D eigenvalue weighted by Crippen LogP contribution is -2.23. The number of hydrogen-bond donors (Lipinski definition) is 0. The largest absolute Gasteiger partial charge is 0.490 e. The molecular weight excluding hydrogens is 372 g/mol. The number of aromatic nitrogens is 2. The van der Waals surface area contributed by atoms with Gasteiger partial charge in [0.05, 0.1) is 6.54 Å². The first kappa shape index (κ1) is 19.4. The number of hydrogen-bond acceptors (Lipinski definition) is 5. The van der Waals surface area contributed by atoms with Gasteiger partial charge in [0.2, 0.25) is 0 Å². The van der Waals surface area contributed by atoms with Crippen molar-refractivity contribution >= 4 is 11.8 Å². The van der Waals surface area contributed by atoms with Gasteiger partial charge in [0.1, 0.15) is 12.4 Å². The summed E-state index contributed by atoms with van der Waals surface area (Å²) in [6.07, 6.45) is 6.55. The van der Waals surface area contributed by atoms with Crippen LogP contribution in [0.25, 0.3) is 0 Å². The maximum Gasteiger partial charge on any atom is 0.300 e. The van der Waals surface area contributed by atoms with Crippen LogP contribution in [0.2, 0.25) is 0 Å². The second kappa shape index (κ2) is 9.03. The highest BCUT2D eigenvalue weighted by Crippen LogP contribution is 2.33. The molecule has 2 aromatic rings. The Hall–Kier alpha value is -1.95. The van der Waals surface area contributed by atoms with Gasteiger partial charge in [0.15, 0.2) is 6.10 Å². The number of rotatable bonds is 7. The molecule has 0 N–H and O–H groups in total. The first-order chi connectivity index (χ1) is 13.7. The third-order valence-corrected chi connectivity index (χ3v) is 6.49. The van der Waals surface area contributed by atoms with Gasteiger partial charge >= 0.3 is 6.01 Å². The minimum Gasteiger partial charge on any atom is -0.490 e. The molecule has 0 spiro atoms. The second-order valence-corrected chi connectivity index (χ2v) is 8.85. The minimum absolute atomic E-state index is 0.127. The van der Waals surface area contributed by atoms with E-state index in [1.165, 1.54) is 37.7 Å². The van der Waals surface area contributed by atoms with E-state index in [-0.39, 0.29) is 11.7 Å². The van der Waals surface area contributed by atoms with E-state index in [0.29, 0.717) is 25.1 Å². The predicted molar refractivity (Wildman–Crippen MR) is 113 cm³/mol. The zero-order valence-electron chi connectivity index (χ0n) is 16.4. The summed E-state index contributed by atoms with van der Waals surface area (Å²) in [4.78, 5) is 15.8. The van der Waals surface area contributed by atoms with E-state index in [9.17, 15) is 4.79 Å². The van der Waals surface area contributed by atoms with Crippen LogP contribution in [-0.4, -0.2) is 28.0 Å². The Kier molecular flexibility index (Phi) is 6.25. The van der Waals surface area contributed by atoms with Gasteiger partial charge in [-0.2, -0.15) is 16.7 Å². The minimum atomic E-state index is -0.238. The molecule has 0 radical (unpaired) electrons. The number of thioether (sulfide) groups is 1. The molecule has 1 aromatic carbocycles. The van der Waals surface area contributed by atoms with Crippen molar-refractivity contribution in [3.63, 3.8) is 0 Å². The fourth-order valence-corrected chi connectivity index (χ4v) is 4.73. The Bertz CT molecular complexity index is 844. The summed E-state index contributed by atoms with van der Waals surface area (Å²) in [5, 5.41) is 0. The molecule has 0 unspecified atom stereocenters. The molecule has 2 heterocycles. The lowest BCUT2D eigenvalue weighted by Gasteiger charge is -2.22. The Morgan fingerprint density at radius 3 is 2.75 bits per heavy atom. The van der Waals surface area contributed by atoms with Crippen molar-refractivity contribution in [1.82, 2.24) is 9.55 Å². The Morgan fingerprint density at radius 1 is 1.21 bits per heavy atom. The number of benzene rings is 1. The SMILES string of the molecule is CCSCc1cc(=O)nc2n1C[C@@H](COc1ccc(C3CCCCC3)cc1)O2. The summed E-state index contributed by atoms with van der Waals surface area (Å²) in [6.45, 7) is 3.23. The monoisotopic (exact) mass is 400 g/mol. The molecule has 0 bridgehead atoms. The third kappa shape index (κ3) is 4.54. The normalized spacial score (nSPS) is 19.2. The molecule has 5 nitrogen and oxygen atoms in total. The van der Waals surface area contributed by atoms with E-state index < -0.39 is 0 Å². The molecule has 6 heteroatoms. The van der Waals surface area contributed by atoms with Crippen LogP contribution in [-0.2, 0) is 12.3 Å². The van der Waals surface area contributed by atoms with E-state index in [1.807, 2.05) is 4.57 Å². The summed E-state index contributed by atoms with van der Waals surface area (Å²) < 4.78 is 13.8. The lowest BCUT2D eigenvalue weighted by atomic mass is 9.84. The zero-order valence-corrected chi connectivity index (χ0v) is 17.2. The van der Waals surface area contributed by atoms with Crippen molar-refractivity contribution in [2.75, 3.05) is 12.4 Å². The van der Waals surface area contributed by atoms with Crippen molar-refractivity contribution in [3.05, 3.63) is 51.9 Å². The lowest BCUT2D eigenvalue weighted by molar-refractivity contribution is 0.143. The molecule has 0 amide bonds. The maximum absolute atomic E-state index is 11.8. The van der Waals surface area contributed by atoms with Gasteiger partial charge in [0.25, 0.3) is 5.56 Å². The van der Waals surface area contributed by atoms with Crippen LogP contribution in [0.5, 0.6) is 11.8 Å². The van der Waals surface area contributed by atoms with Crippen LogP contribution in [0.15, 0.2) is 35.1 Å². The molecule has 1 fully saturated rings. The number of fused-ring (bicyclic) bond motifs is 1. The van der Waals surface area contributed by atoms with Crippen LogP contribution >= 0.6 is 11.8 Å². The van der Waals surface area contributed by atoms with Gasteiger partial charge in [-0.25, -0.2) is 0 Å². The van der Waals surface area contributed by atoms with Crippen molar-refractivity contribution in [1.29, 1.82) is 0 Å². The van der Waals surface area contributed by atoms with Crippen molar-refractivity contribution in [2.24, 2.45) is 0 Å². The van der Waals surface area contributed by atoms with Crippen LogP contribution < -0.4 is 15.0 Å². The van der Waals surface area contributed by atoms with Crippen molar-refractivity contribution in [2.45, 2.75) is 63.3 Å². The summed E-state index contributed by atoms with van der Waals surface area (Å²) in [5.74, 6) is 3.37. The topological polar surface area (TPSA) is 53.4 Å². The standard InChI is InChI=1S/C22H28N2O3S/c1-2-28-15-18-12-21(25)23-22-24(18)13-20(27-22)14-26-19-10-8-17(9-11-19)16-6-4-3-5-7-16/h8-12,16,20H,2-7,13-15H2,1H3/t20-/m0/s1. The Morgan fingerprint density at radius 2 is 2.00 bits per heavy atom. The van der Waals surface area contributed by atoms with E-state index >= 15 is 0 Å². The predicted octanol–water partition coefficient (Wildman–Crippen LogP) is 4.38. The van der Waals surface area contributed by atoms with Gasteiger partial charge in [0, 0.05) is 17.5 Å². The van der Waals surface area contributed by atoms with Crippen LogP contribution in [0.3, 0.4) is 0 Å². The molecule has 1 aromatic heterocycles. The number of nitrogens with zero attached hydrogens (tertiary/aromatic N) is 2. The number of ether oxygens (including phenoxy) is 2. The first-order valence-electron chi connectivity index (χ1n) is 10.3. The molecule has 4 rings (SSSR count). The molecule has 1 atom stereocenters. The van der Waals surface area contributed by atoms with Gasteiger partial charge in [-0.15, -0.1) is 0 Å². The third-order valence-electron chi connectivity index (χ3n) is 5.58. The van der Waals surface area contributed by atoms with Crippen molar-refractivity contribution in [3.8, 4) is 11.8 Å². The molecule has 28 heavy (non-hydrogen) atoms. The summed E-state index contributed by atoms with van der Waals surface area (Å²) in [5.41, 5.74) is 2.16. The summed E-state index contributed by atoms with van der Waals surface area (Å²) in [7, 11) is 0. The van der Waals surface area contributed by atoms with Gasteiger partial charge in [-0.05, 0) is 42.2 Å². The fourth-order valence-electron chi connectivity index (χ4n) is 4.08. The zero-order chi connectivity index (χ0) is 19.3. The highest BCUT2D eigenvalue weighted by Gasteiger charge is 2.26.